The summed E-state index contributed by atoms with van der Waals surface area (Å²) in [6, 6.07) is 7.86. The van der Waals surface area contributed by atoms with Gasteiger partial charge in [-0.15, -0.1) is 0 Å². The number of benzene rings is 1. The second-order valence-electron chi connectivity index (χ2n) is 4.14. The lowest BCUT2D eigenvalue weighted by Crippen LogP contribution is -2.10. The van der Waals surface area contributed by atoms with Crippen molar-refractivity contribution in [3.05, 3.63) is 51.8 Å². The number of carboxylic acid groups (broad SMARTS) is 1. The van der Waals surface area contributed by atoms with Crippen molar-refractivity contribution in [1.82, 2.24) is 4.98 Å². The number of nitrogens with one attached hydrogen (secondary N) is 1. The molecule has 0 aliphatic rings. The molecule has 0 bridgehead atoms. The van der Waals surface area contributed by atoms with E-state index >= 15 is 0 Å². The number of ether oxygens (including phenoxy) is 1. The van der Waals surface area contributed by atoms with E-state index in [4.69, 9.17) is 9.84 Å². The van der Waals surface area contributed by atoms with Crippen LogP contribution in [0.2, 0.25) is 0 Å². The summed E-state index contributed by atoms with van der Waals surface area (Å²) in [4.78, 5) is 25.0. The van der Waals surface area contributed by atoms with E-state index in [0.29, 0.717) is 5.69 Å². The second-order valence-corrected chi connectivity index (χ2v) is 4.14. The Hall–Kier alpha value is -2.56. The fourth-order valence-corrected chi connectivity index (χ4v) is 1.87. The third-order valence-corrected chi connectivity index (χ3v) is 2.80. The number of carbonyl (C=O) groups is 1. The van der Waals surface area contributed by atoms with Gasteiger partial charge in [-0.05, 0) is 42.3 Å². The van der Waals surface area contributed by atoms with Crippen molar-refractivity contribution in [2.24, 2.45) is 0 Å². The molecule has 0 unspecified atom stereocenters. The number of rotatable bonds is 3. The van der Waals surface area contributed by atoms with Crippen LogP contribution >= 0.6 is 0 Å². The van der Waals surface area contributed by atoms with E-state index in [1.807, 2.05) is 13.0 Å². The van der Waals surface area contributed by atoms with Gasteiger partial charge in [0, 0.05) is 11.8 Å². The van der Waals surface area contributed by atoms with Crippen LogP contribution in [0.1, 0.15) is 15.9 Å². The van der Waals surface area contributed by atoms with E-state index in [1.165, 1.54) is 6.07 Å². The molecule has 1 heterocycles. The molecule has 5 nitrogen and oxygen atoms in total. The Labute approximate surface area is 109 Å². The Bertz CT molecular complexity index is 688. The van der Waals surface area contributed by atoms with Crippen molar-refractivity contribution in [2.75, 3.05) is 7.11 Å². The first kappa shape index (κ1) is 12.9. The Morgan fingerprint density at radius 1 is 1.26 bits per heavy atom. The monoisotopic (exact) mass is 259 g/mol. The Balaban J connectivity index is 2.55. The van der Waals surface area contributed by atoms with E-state index in [9.17, 15) is 9.59 Å². The van der Waals surface area contributed by atoms with Crippen LogP contribution in [0.4, 0.5) is 0 Å². The van der Waals surface area contributed by atoms with Crippen molar-refractivity contribution in [3.8, 4) is 17.0 Å². The molecule has 5 heteroatoms. The van der Waals surface area contributed by atoms with Crippen LogP contribution in [-0.2, 0) is 0 Å². The molecule has 1 aromatic heterocycles. The predicted molar refractivity (Wildman–Crippen MR) is 70.7 cm³/mol. The fourth-order valence-electron chi connectivity index (χ4n) is 1.87. The number of aromatic carboxylic acids is 1. The average molecular weight is 259 g/mol. The number of hydrogen-bond acceptors (Lipinski definition) is 3. The number of aromatic nitrogens is 1. The molecule has 0 aliphatic heterocycles. The first-order valence-corrected chi connectivity index (χ1v) is 5.64. The maximum absolute atomic E-state index is 11.5. The molecule has 0 saturated carbocycles. The summed E-state index contributed by atoms with van der Waals surface area (Å²) < 4.78 is 5.16. The zero-order valence-corrected chi connectivity index (χ0v) is 10.6. The fraction of sp³-hybridized carbons (Fsp3) is 0.143. The van der Waals surface area contributed by atoms with Crippen LogP contribution in [0.3, 0.4) is 0 Å². The molecule has 0 saturated heterocycles. The van der Waals surface area contributed by atoms with Crippen LogP contribution in [0, 0.1) is 6.92 Å². The first-order chi connectivity index (χ1) is 9.01. The minimum Gasteiger partial charge on any atom is -0.496 e. The molecule has 0 aliphatic carbocycles. The molecule has 98 valence electrons. The smallest absolute Gasteiger partial charge is 0.335 e. The topological polar surface area (TPSA) is 79.4 Å². The van der Waals surface area contributed by atoms with E-state index in [-0.39, 0.29) is 5.56 Å². The minimum absolute atomic E-state index is 0.0350. The summed E-state index contributed by atoms with van der Waals surface area (Å²) in [6.07, 6.45) is 0. The molecule has 0 amide bonds. The highest BCUT2D eigenvalue weighted by Gasteiger charge is 2.08. The van der Waals surface area contributed by atoms with Gasteiger partial charge in [0.25, 0.3) is 0 Å². The third-order valence-electron chi connectivity index (χ3n) is 2.80. The lowest BCUT2D eigenvalue weighted by atomic mass is 10.1. The molecule has 0 atom stereocenters. The van der Waals surface area contributed by atoms with Crippen LogP contribution in [0.5, 0.6) is 5.75 Å². The van der Waals surface area contributed by atoms with Gasteiger partial charge >= 0.3 is 5.97 Å². The summed E-state index contributed by atoms with van der Waals surface area (Å²) in [5.74, 6) is -0.391. The van der Waals surface area contributed by atoms with Gasteiger partial charge in [-0.1, -0.05) is 0 Å². The largest absolute Gasteiger partial charge is 0.496 e. The number of pyridine rings is 1. The van der Waals surface area contributed by atoms with Crippen LogP contribution in [-0.4, -0.2) is 23.2 Å². The van der Waals surface area contributed by atoms with Gasteiger partial charge in [-0.25, -0.2) is 4.79 Å². The lowest BCUT2D eigenvalue weighted by molar-refractivity contribution is 0.0696. The van der Waals surface area contributed by atoms with E-state index in [0.717, 1.165) is 22.9 Å². The average Bonchev–Trinajstić information content (AvgIpc) is 2.37. The Morgan fingerprint density at radius 3 is 2.58 bits per heavy atom. The summed E-state index contributed by atoms with van der Waals surface area (Å²) in [6.45, 7) is 1.88. The van der Waals surface area contributed by atoms with E-state index < -0.39 is 11.5 Å². The highest BCUT2D eigenvalue weighted by atomic mass is 16.5. The molecule has 2 aromatic rings. The van der Waals surface area contributed by atoms with Crippen molar-refractivity contribution in [1.29, 1.82) is 0 Å². The summed E-state index contributed by atoms with van der Waals surface area (Å²) in [5, 5.41) is 8.94. The first-order valence-electron chi connectivity index (χ1n) is 5.64. The number of aryl methyl sites for hydroxylation is 1. The predicted octanol–water partition coefficient (Wildman–Crippen LogP) is 2.06. The lowest BCUT2D eigenvalue weighted by Gasteiger charge is -2.08. The number of hydrogen-bond donors (Lipinski definition) is 2. The number of aromatic amines is 1. The van der Waals surface area contributed by atoms with Gasteiger partial charge < -0.3 is 14.8 Å². The van der Waals surface area contributed by atoms with Gasteiger partial charge in [-0.2, -0.15) is 0 Å². The normalized spacial score (nSPS) is 10.2. The van der Waals surface area contributed by atoms with Crippen molar-refractivity contribution in [3.63, 3.8) is 0 Å². The Kier molecular flexibility index (Phi) is 3.37. The molecule has 19 heavy (non-hydrogen) atoms. The highest BCUT2D eigenvalue weighted by Crippen LogP contribution is 2.24. The highest BCUT2D eigenvalue weighted by molar-refractivity contribution is 5.88. The van der Waals surface area contributed by atoms with E-state index in [1.54, 1.807) is 19.2 Å². The second kappa shape index (κ2) is 4.97. The minimum atomic E-state index is -1.13. The molecule has 2 rings (SSSR count). The summed E-state index contributed by atoms with van der Waals surface area (Å²) in [7, 11) is 1.58. The van der Waals surface area contributed by atoms with Crippen molar-refractivity contribution >= 4 is 5.97 Å². The van der Waals surface area contributed by atoms with Gasteiger partial charge in [0.15, 0.2) is 0 Å². The molecule has 0 spiro atoms. The van der Waals surface area contributed by atoms with Crippen LogP contribution in [0.25, 0.3) is 11.3 Å². The van der Waals surface area contributed by atoms with Gasteiger partial charge in [0.05, 0.1) is 12.7 Å². The Morgan fingerprint density at radius 2 is 2.00 bits per heavy atom. The molecular formula is C14H13NO4. The molecule has 0 radical (unpaired) electrons. The number of H-pyrrole nitrogens is 1. The number of carboxylic acids is 1. The van der Waals surface area contributed by atoms with Gasteiger partial charge in [0.1, 0.15) is 5.75 Å². The zero-order valence-electron chi connectivity index (χ0n) is 10.6. The molecule has 1 aromatic carbocycles. The van der Waals surface area contributed by atoms with Gasteiger partial charge in [-0.3, -0.25) is 4.79 Å². The van der Waals surface area contributed by atoms with E-state index in [2.05, 4.69) is 4.98 Å². The molecule has 2 N–H and O–H groups in total. The van der Waals surface area contributed by atoms with Crippen molar-refractivity contribution < 1.29 is 14.6 Å². The summed E-state index contributed by atoms with van der Waals surface area (Å²) >= 11 is 0. The van der Waals surface area contributed by atoms with Crippen LogP contribution in [0.15, 0.2) is 35.1 Å². The van der Waals surface area contributed by atoms with Crippen molar-refractivity contribution in [2.45, 2.75) is 6.92 Å². The standard InChI is InChI=1S/C14H13NO4/c1-8-5-9(3-4-12(8)19-2)11-6-10(14(17)18)7-13(16)15-11/h3-7H,1-2H3,(H,15,16)(H,17,18). The quantitative estimate of drug-likeness (QED) is 0.884. The maximum Gasteiger partial charge on any atom is 0.335 e. The summed E-state index contributed by atoms with van der Waals surface area (Å²) in [5.41, 5.74) is 1.63. The maximum atomic E-state index is 11.5. The van der Waals surface area contributed by atoms with Crippen LogP contribution < -0.4 is 10.3 Å². The zero-order chi connectivity index (χ0) is 14.0. The number of methoxy groups -OCH3 is 1. The third kappa shape index (κ3) is 2.65. The SMILES string of the molecule is COc1ccc(-c2cc(C(=O)O)cc(=O)[nH]2)cc1C. The van der Waals surface area contributed by atoms with Gasteiger partial charge in [0.2, 0.25) is 5.56 Å². The molecular weight excluding hydrogens is 246 g/mol. The molecule has 0 fully saturated rings.